The fourth-order valence-electron chi connectivity index (χ4n) is 1.85. The normalized spacial score (nSPS) is 10.5. The second-order valence-electron chi connectivity index (χ2n) is 4.89. The molecule has 124 valence electrons. The van der Waals surface area contributed by atoms with Crippen LogP contribution in [-0.2, 0) is 9.59 Å². The van der Waals surface area contributed by atoms with Crippen molar-refractivity contribution in [3.8, 4) is 5.75 Å². The minimum Gasteiger partial charge on any atom is -0.497 e. The topological polar surface area (TPSA) is 79.8 Å². The van der Waals surface area contributed by atoms with Gasteiger partial charge in [0.25, 0.3) is 0 Å². The molecule has 0 fully saturated rings. The third-order valence-electron chi connectivity index (χ3n) is 3.13. The van der Waals surface area contributed by atoms with Crippen molar-refractivity contribution < 1.29 is 14.3 Å². The summed E-state index contributed by atoms with van der Waals surface area (Å²) in [6.45, 7) is 1.80. The molecule has 0 aliphatic rings. The van der Waals surface area contributed by atoms with E-state index in [1.807, 2.05) is 0 Å². The first kappa shape index (κ1) is 17.5. The Kier molecular flexibility index (Phi) is 5.92. The Hall–Kier alpha value is -2.86. The number of rotatable bonds is 4. The molecule has 2 amide bonds. The fraction of sp³-hybridized carbons (Fsp3) is 0.118. The van der Waals surface area contributed by atoms with Crippen LogP contribution in [0, 0.1) is 6.92 Å². The van der Waals surface area contributed by atoms with Gasteiger partial charge < -0.3 is 10.1 Å². The van der Waals surface area contributed by atoms with Gasteiger partial charge in [-0.3, -0.25) is 9.59 Å². The first-order chi connectivity index (χ1) is 11.5. The molecule has 0 aliphatic heterocycles. The molecular formula is C17H16ClN3O3. The highest BCUT2D eigenvalue weighted by molar-refractivity contribution is 6.40. The number of nitrogens with zero attached hydrogens (tertiary/aromatic N) is 1. The Morgan fingerprint density at radius 2 is 1.96 bits per heavy atom. The Morgan fingerprint density at radius 1 is 1.17 bits per heavy atom. The Balaban J connectivity index is 1.95. The SMILES string of the molecule is COc1cccc(C=NNC(=O)C(=O)Nc2cc(Cl)ccc2C)c1. The number of hydrogen-bond donors (Lipinski definition) is 2. The highest BCUT2D eigenvalue weighted by Gasteiger charge is 2.14. The third-order valence-corrected chi connectivity index (χ3v) is 3.36. The summed E-state index contributed by atoms with van der Waals surface area (Å²) in [5.41, 5.74) is 4.15. The van der Waals surface area contributed by atoms with Crippen LogP contribution in [0.25, 0.3) is 0 Å². The maximum absolute atomic E-state index is 11.9. The number of anilines is 1. The molecule has 0 saturated heterocycles. The van der Waals surface area contributed by atoms with Gasteiger partial charge in [-0.15, -0.1) is 0 Å². The van der Waals surface area contributed by atoms with Crippen molar-refractivity contribution in [1.82, 2.24) is 5.43 Å². The molecule has 0 aliphatic carbocycles. The third kappa shape index (κ3) is 4.82. The van der Waals surface area contributed by atoms with Crippen LogP contribution in [0.15, 0.2) is 47.6 Å². The van der Waals surface area contributed by atoms with Crippen LogP contribution in [-0.4, -0.2) is 25.1 Å². The number of halogens is 1. The summed E-state index contributed by atoms with van der Waals surface area (Å²) < 4.78 is 5.08. The van der Waals surface area contributed by atoms with E-state index in [1.165, 1.54) is 6.21 Å². The zero-order chi connectivity index (χ0) is 17.5. The average molecular weight is 346 g/mol. The molecule has 0 atom stereocenters. The highest BCUT2D eigenvalue weighted by atomic mass is 35.5. The number of carbonyl (C=O) groups is 2. The van der Waals surface area contributed by atoms with E-state index in [2.05, 4.69) is 15.8 Å². The zero-order valence-corrected chi connectivity index (χ0v) is 13.9. The number of hydrazone groups is 1. The van der Waals surface area contributed by atoms with E-state index in [9.17, 15) is 9.59 Å². The van der Waals surface area contributed by atoms with Gasteiger partial charge in [0.05, 0.1) is 13.3 Å². The number of aryl methyl sites for hydroxylation is 1. The van der Waals surface area contributed by atoms with Crippen LogP contribution < -0.4 is 15.5 Å². The number of hydrogen-bond acceptors (Lipinski definition) is 4. The molecule has 0 saturated carbocycles. The van der Waals surface area contributed by atoms with Gasteiger partial charge in [0.15, 0.2) is 0 Å². The molecular weight excluding hydrogens is 330 g/mol. The highest BCUT2D eigenvalue weighted by Crippen LogP contribution is 2.19. The summed E-state index contributed by atoms with van der Waals surface area (Å²) in [6, 6.07) is 12.1. The van der Waals surface area contributed by atoms with E-state index in [1.54, 1.807) is 56.5 Å². The van der Waals surface area contributed by atoms with E-state index in [0.717, 1.165) is 11.1 Å². The molecule has 0 aromatic heterocycles. The van der Waals surface area contributed by atoms with Crippen molar-refractivity contribution in [2.24, 2.45) is 5.10 Å². The quantitative estimate of drug-likeness (QED) is 0.508. The lowest BCUT2D eigenvalue weighted by Gasteiger charge is -2.07. The summed E-state index contributed by atoms with van der Waals surface area (Å²) in [6.07, 6.45) is 1.42. The Bertz CT molecular complexity index is 790. The van der Waals surface area contributed by atoms with Gasteiger partial charge in [0, 0.05) is 10.7 Å². The Labute approximate surface area is 144 Å². The lowest BCUT2D eigenvalue weighted by Crippen LogP contribution is -2.32. The minimum atomic E-state index is -0.881. The van der Waals surface area contributed by atoms with Crippen LogP contribution in [0.3, 0.4) is 0 Å². The van der Waals surface area contributed by atoms with Crippen molar-refractivity contribution in [3.05, 3.63) is 58.6 Å². The molecule has 2 N–H and O–H groups in total. The molecule has 0 bridgehead atoms. The maximum atomic E-state index is 11.9. The number of nitrogens with one attached hydrogen (secondary N) is 2. The van der Waals surface area contributed by atoms with Crippen LogP contribution in [0.1, 0.15) is 11.1 Å². The van der Waals surface area contributed by atoms with Gasteiger partial charge in [-0.2, -0.15) is 5.10 Å². The van der Waals surface area contributed by atoms with Gasteiger partial charge in [-0.1, -0.05) is 29.8 Å². The van der Waals surface area contributed by atoms with Crippen molar-refractivity contribution in [2.45, 2.75) is 6.92 Å². The number of carbonyl (C=O) groups excluding carboxylic acids is 2. The van der Waals surface area contributed by atoms with Gasteiger partial charge in [0.2, 0.25) is 0 Å². The molecule has 2 aromatic rings. The molecule has 0 heterocycles. The first-order valence-corrected chi connectivity index (χ1v) is 7.42. The standard InChI is InChI=1S/C17H16ClN3O3/c1-11-6-7-13(18)9-15(11)20-16(22)17(23)21-19-10-12-4-3-5-14(8-12)24-2/h3-10H,1-2H3,(H,20,22)(H,21,23). The zero-order valence-electron chi connectivity index (χ0n) is 13.2. The maximum Gasteiger partial charge on any atom is 0.329 e. The molecule has 7 heteroatoms. The largest absolute Gasteiger partial charge is 0.497 e. The van der Waals surface area contributed by atoms with Gasteiger partial charge in [0.1, 0.15) is 5.75 Å². The molecule has 0 radical (unpaired) electrons. The molecule has 2 rings (SSSR count). The van der Waals surface area contributed by atoms with E-state index in [0.29, 0.717) is 16.5 Å². The predicted molar refractivity (Wildman–Crippen MR) is 93.5 cm³/mol. The predicted octanol–water partition coefficient (Wildman–Crippen LogP) is 2.75. The first-order valence-electron chi connectivity index (χ1n) is 7.04. The van der Waals surface area contributed by atoms with E-state index >= 15 is 0 Å². The number of benzene rings is 2. The molecule has 6 nitrogen and oxygen atoms in total. The Morgan fingerprint density at radius 3 is 2.71 bits per heavy atom. The summed E-state index contributed by atoms with van der Waals surface area (Å²) in [5, 5.41) is 6.71. The van der Waals surface area contributed by atoms with Crippen LogP contribution >= 0.6 is 11.6 Å². The molecule has 0 spiro atoms. The van der Waals surface area contributed by atoms with E-state index in [-0.39, 0.29) is 0 Å². The van der Waals surface area contributed by atoms with E-state index in [4.69, 9.17) is 16.3 Å². The summed E-state index contributed by atoms with van der Waals surface area (Å²) in [4.78, 5) is 23.6. The lowest BCUT2D eigenvalue weighted by molar-refractivity contribution is -0.136. The van der Waals surface area contributed by atoms with E-state index < -0.39 is 11.8 Å². The molecule has 24 heavy (non-hydrogen) atoms. The van der Waals surface area contributed by atoms with Crippen molar-refractivity contribution in [3.63, 3.8) is 0 Å². The second-order valence-corrected chi connectivity index (χ2v) is 5.33. The van der Waals surface area contributed by atoms with Crippen LogP contribution in [0.2, 0.25) is 5.02 Å². The van der Waals surface area contributed by atoms with Gasteiger partial charge >= 0.3 is 11.8 Å². The lowest BCUT2D eigenvalue weighted by atomic mass is 10.2. The monoisotopic (exact) mass is 345 g/mol. The smallest absolute Gasteiger partial charge is 0.329 e. The average Bonchev–Trinajstić information content (AvgIpc) is 2.58. The van der Waals surface area contributed by atoms with Crippen LogP contribution in [0.5, 0.6) is 5.75 Å². The summed E-state index contributed by atoms with van der Waals surface area (Å²) in [7, 11) is 1.56. The number of methoxy groups -OCH3 is 1. The second kappa shape index (κ2) is 8.12. The summed E-state index contributed by atoms with van der Waals surface area (Å²) in [5.74, 6) is -1.05. The van der Waals surface area contributed by atoms with Gasteiger partial charge in [-0.05, 0) is 42.3 Å². The van der Waals surface area contributed by atoms with Gasteiger partial charge in [-0.25, -0.2) is 5.43 Å². The van der Waals surface area contributed by atoms with Crippen LogP contribution in [0.4, 0.5) is 5.69 Å². The summed E-state index contributed by atoms with van der Waals surface area (Å²) >= 11 is 5.87. The molecule has 2 aromatic carbocycles. The van der Waals surface area contributed by atoms with Crippen molar-refractivity contribution in [1.29, 1.82) is 0 Å². The number of ether oxygens (including phenoxy) is 1. The molecule has 0 unspecified atom stereocenters. The fourth-order valence-corrected chi connectivity index (χ4v) is 2.02. The number of amides is 2. The van der Waals surface area contributed by atoms with Crippen molar-refractivity contribution in [2.75, 3.05) is 12.4 Å². The minimum absolute atomic E-state index is 0.465. The van der Waals surface area contributed by atoms with Crippen molar-refractivity contribution >= 4 is 35.3 Å².